The van der Waals surface area contributed by atoms with Crippen molar-refractivity contribution in [1.29, 1.82) is 0 Å². The van der Waals surface area contributed by atoms with Gasteiger partial charge in [-0.15, -0.1) is 5.10 Å². The number of nitrogens with one attached hydrogen (secondary N) is 1. The van der Waals surface area contributed by atoms with E-state index in [1.165, 1.54) is 4.68 Å². The molecule has 1 aromatic carbocycles. The standard InChI is InChI=1S/C12H13F3N4/c1-2-16-11(12(13,14)15)10-8-17-18-19(10)9-6-4-3-5-7-9/h3-8,11,16H,2H2,1H3. The Morgan fingerprint density at radius 2 is 1.95 bits per heavy atom. The molecule has 0 saturated carbocycles. The van der Waals surface area contributed by atoms with Crippen molar-refractivity contribution in [3.05, 3.63) is 42.2 Å². The Morgan fingerprint density at radius 3 is 2.53 bits per heavy atom. The zero-order valence-corrected chi connectivity index (χ0v) is 10.2. The summed E-state index contributed by atoms with van der Waals surface area (Å²) in [6.45, 7) is 1.82. The summed E-state index contributed by atoms with van der Waals surface area (Å²) in [6, 6.07) is 6.82. The van der Waals surface area contributed by atoms with E-state index < -0.39 is 12.2 Å². The molecule has 1 unspecified atom stereocenters. The number of rotatable bonds is 4. The minimum atomic E-state index is -4.40. The molecule has 0 spiro atoms. The van der Waals surface area contributed by atoms with Gasteiger partial charge in [-0.3, -0.25) is 0 Å². The van der Waals surface area contributed by atoms with E-state index >= 15 is 0 Å². The van der Waals surface area contributed by atoms with Crippen LogP contribution in [0.5, 0.6) is 0 Å². The highest BCUT2D eigenvalue weighted by atomic mass is 19.4. The molecule has 0 aliphatic rings. The molecule has 0 aliphatic heterocycles. The molecule has 1 N–H and O–H groups in total. The van der Waals surface area contributed by atoms with Crippen LogP contribution in [0.2, 0.25) is 0 Å². The molecule has 2 aromatic rings. The molecule has 0 aliphatic carbocycles. The SMILES string of the molecule is CCNC(c1cnnn1-c1ccccc1)C(F)(F)F. The van der Waals surface area contributed by atoms with E-state index in [2.05, 4.69) is 15.6 Å². The Bertz CT molecular complexity index is 521. The zero-order valence-electron chi connectivity index (χ0n) is 10.2. The van der Waals surface area contributed by atoms with Crippen LogP contribution >= 0.6 is 0 Å². The fraction of sp³-hybridized carbons (Fsp3) is 0.333. The van der Waals surface area contributed by atoms with Crippen LogP contribution in [0.1, 0.15) is 18.7 Å². The van der Waals surface area contributed by atoms with E-state index in [1.54, 1.807) is 37.3 Å². The fourth-order valence-corrected chi connectivity index (χ4v) is 1.80. The highest BCUT2D eigenvalue weighted by molar-refractivity contribution is 5.32. The third-order valence-electron chi connectivity index (χ3n) is 2.61. The average Bonchev–Trinajstić information content (AvgIpc) is 2.84. The first kappa shape index (κ1) is 13.5. The van der Waals surface area contributed by atoms with Gasteiger partial charge in [-0.05, 0) is 18.7 Å². The summed E-state index contributed by atoms with van der Waals surface area (Å²) >= 11 is 0. The molecule has 0 saturated heterocycles. The van der Waals surface area contributed by atoms with Gasteiger partial charge in [0.1, 0.15) is 6.04 Å². The number of alkyl halides is 3. The Kier molecular flexibility index (Phi) is 3.84. The average molecular weight is 270 g/mol. The molecule has 0 amide bonds. The normalized spacial score (nSPS) is 13.5. The molecule has 0 bridgehead atoms. The topological polar surface area (TPSA) is 42.7 Å². The summed E-state index contributed by atoms with van der Waals surface area (Å²) in [5, 5.41) is 9.73. The predicted octanol–water partition coefficient (Wildman–Crippen LogP) is 2.48. The van der Waals surface area contributed by atoms with Gasteiger partial charge in [0.05, 0.1) is 17.6 Å². The van der Waals surface area contributed by atoms with Crippen LogP contribution < -0.4 is 5.32 Å². The number of hydrogen-bond acceptors (Lipinski definition) is 3. The van der Waals surface area contributed by atoms with Crippen LogP contribution in [0, 0.1) is 0 Å². The molecule has 0 fully saturated rings. The molecule has 19 heavy (non-hydrogen) atoms. The van der Waals surface area contributed by atoms with E-state index in [4.69, 9.17) is 0 Å². The van der Waals surface area contributed by atoms with Crippen LogP contribution in [0.15, 0.2) is 36.5 Å². The lowest BCUT2D eigenvalue weighted by Crippen LogP contribution is -2.35. The smallest absolute Gasteiger partial charge is 0.301 e. The van der Waals surface area contributed by atoms with Crippen molar-refractivity contribution in [2.45, 2.75) is 19.1 Å². The van der Waals surface area contributed by atoms with E-state index in [-0.39, 0.29) is 12.2 Å². The molecular weight excluding hydrogens is 257 g/mol. The number of nitrogens with zero attached hydrogens (tertiary/aromatic N) is 3. The number of aromatic nitrogens is 3. The summed E-state index contributed by atoms with van der Waals surface area (Å²) < 4.78 is 40.3. The van der Waals surface area contributed by atoms with Crippen molar-refractivity contribution < 1.29 is 13.2 Å². The van der Waals surface area contributed by atoms with Crippen LogP contribution in [0.4, 0.5) is 13.2 Å². The lowest BCUT2D eigenvalue weighted by molar-refractivity contribution is -0.158. The first-order valence-electron chi connectivity index (χ1n) is 5.80. The van der Waals surface area contributed by atoms with Gasteiger partial charge in [0, 0.05) is 0 Å². The molecule has 1 heterocycles. The van der Waals surface area contributed by atoms with Crippen molar-refractivity contribution in [2.75, 3.05) is 6.54 Å². The fourth-order valence-electron chi connectivity index (χ4n) is 1.80. The third-order valence-corrected chi connectivity index (χ3v) is 2.61. The second kappa shape index (κ2) is 5.40. The Balaban J connectivity index is 2.43. The predicted molar refractivity (Wildman–Crippen MR) is 63.8 cm³/mol. The summed E-state index contributed by atoms with van der Waals surface area (Å²) in [4.78, 5) is 0. The number of halogens is 3. The molecular formula is C12H13F3N4. The first-order chi connectivity index (χ1) is 9.04. The zero-order chi connectivity index (χ0) is 13.9. The summed E-state index contributed by atoms with van der Waals surface area (Å²) in [7, 11) is 0. The molecule has 2 rings (SSSR count). The van der Waals surface area contributed by atoms with Crippen molar-refractivity contribution >= 4 is 0 Å². The van der Waals surface area contributed by atoms with Crippen LogP contribution in [-0.4, -0.2) is 27.7 Å². The van der Waals surface area contributed by atoms with E-state index in [0.29, 0.717) is 5.69 Å². The first-order valence-corrected chi connectivity index (χ1v) is 5.80. The van der Waals surface area contributed by atoms with Gasteiger partial charge in [0.2, 0.25) is 0 Å². The van der Waals surface area contributed by atoms with Gasteiger partial charge in [-0.1, -0.05) is 30.3 Å². The number of benzene rings is 1. The monoisotopic (exact) mass is 270 g/mol. The van der Waals surface area contributed by atoms with E-state index in [0.717, 1.165) is 6.20 Å². The van der Waals surface area contributed by atoms with Gasteiger partial charge < -0.3 is 5.32 Å². The highest BCUT2D eigenvalue weighted by Crippen LogP contribution is 2.32. The van der Waals surface area contributed by atoms with Crippen molar-refractivity contribution in [3.63, 3.8) is 0 Å². The minimum Gasteiger partial charge on any atom is -0.301 e. The van der Waals surface area contributed by atoms with Gasteiger partial charge in [-0.25, -0.2) is 4.68 Å². The third kappa shape index (κ3) is 2.93. The van der Waals surface area contributed by atoms with Crippen LogP contribution in [0.25, 0.3) is 5.69 Å². The maximum atomic E-state index is 13.0. The molecule has 7 heteroatoms. The van der Waals surface area contributed by atoms with Crippen molar-refractivity contribution in [1.82, 2.24) is 20.3 Å². The van der Waals surface area contributed by atoms with E-state index in [1.807, 2.05) is 0 Å². The summed E-state index contributed by atoms with van der Waals surface area (Å²) in [5.41, 5.74) is 0.516. The summed E-state index contributed by atoms with van der Waals surface area (Å²) in [5.74, 6) is 0. The van der Waals surface area contributed by atoms with Crippen molar-refractivity contribution in [2.24, 2.45) is 0 Å². The maximum Gasteiger partial charge on any atom is 0.409 e. The maximum absolute atomic E-state index is 13.0. The molecule has 1 aromatic heterocycles. The molecule has 0 radical (unpaired) electrons. The van der Waals surface area contributed by atoms with Crippen LogP contribution in [-0.2, 0) is 0 Å². The Hall–Kier alpha value is -1.89. The number of hydrogen-bond donors (Lipinski definition) is 1. The van der Waals surface area contributed by atoms with E-state index in [9.17, 15) is 13.2 Å². The highest BCUT2D eigenvalue weighted by Gasteiger charge is 2.42. The number of para-hydroxylation sites is 1. The minimum absolute atomic E-state index is 0.0273. The lowest BCUT2D eigenvalue weighted by atomic mass is 10.2. The molecule has 102 valence electrons. The molecule has 4 nitrogen and oxygen atoms in total. The Morgan fingerprint density at radius 1 is 1.26 bits per heavy atom. The Labute approximate surface area is 108 Å². The van der Waals surface area contributed by atoms with Gasteiger partial charge in [0.25, 0.3) is 0 Å². The summed E-state index contributed by atoms with van der Waals surface area (Å²) in [6.07, 6.45) is -3.27. The van der Waals surface area contributed by atoms with Crippen molar-refractivity contribution in [3.8, 4) is 5.69 Å². The molecule has 1 atom stereocenters. The quantitative estimate of drug-likeness (QED) is 0.928. The van der Waals surface area contributed by atoms with Gasteiger partial charge in [0.15, 0.2) is 0 Å². The largest absolute Gasteiger partial charge is 0.409 e. The second-order valence-electron chi connectivity index (χ2n) is 3.94. The van der Waals surface area contributed by atoms with Gasteiger partial charge >= 0.3 is 6.18 Å². The lowest BCUT2D eigenvalue weighted by Gasteiger charge is -2.21. The van der Waals surface area contributed by atoms with Gasteiger partial charge in [-0.2, -0.15) is 13.2 Å². The van der Waals surface area contributed by atoms with Crippen LogP contribution in [0.3, 0.4) is 0 Å². The second-order valence-corrected chi connectivity index (χ2v) is 3.94.